The number of carbonyl (C=O) groups excluding carboxylic acids is 1. The Bertz CT molecular complexity index is 1110. The number of fused-ring (bicyclic) bond motifs is 1. The van der Waals surface area contributed by atoms with Crippen molar-refractivity contribution < 1.29 is 9.18 Å². The van der Waals surface area contributed by atoms with Gasteiger partial charge in [0.1, 0.15) is 17.3 Å². The Morgan fingerprint density at radius 2 is 1.94 bits per heavy atom. The first-order chi connectivity index (χ1) is 14.6. The van der Waals surface area contributed by atoms with E-state index in [4.69, 9.17) is 4.98 Å². The molecule has 1 N–H and O–H groups in total. The number of halogens is 1. The average molecular weight is 444 g/mol. The molecule has 1 amide bonds. The van der Waals surface area contributed by atoms with Crippen molar-refractivity contribution in [3.05, 3.63) is 45.4 Å². The first kappa shape index (κ1) is 21.7. The summed E-state index contributed by atoms with van der Waals surface area (Å²) in [5.74, 6) is 0.949. The Kier molecular flexibility index (Phi) is 5.77. The fraction of sp³-hybridized carbons (Fsp3) is 0.522. The van der Waals surface area contributed by atoms with E-state index in [2.05, 4.69) is 31.1 Å². The number of amides is 1. The van der Waals surface area contributed by atoms with Crippen LogP contribution in [0.1, 0.15) is 60.8 Å². The van der Waals surface area contributed by atoms with Gasteiger partial charge in [0.2, 0.25) is 5.91 Å². The van der Waals surface area contributed by atoms with E-state index in [-0.39, 0.29) is 23.2 Å². The lowest BCUT2D eigenvalue weighted by Gasteiger charge is -2.32. The molecule has 3 aromatic heterocycles. The number of anilines is 1. The number of likely N-dealkylation sites (tertiary alicyclic amines) is 1. The maximum Gasteiger partial charge on any atom is 0.227 e. The number of hydrogen-bond donors (Lipinski definition) is 1. The number of thiazole rings is 1. The summed E-state index contributed by atoms with van der Waals surface area (Å²) < 4.78 is 15.7. The Morgan fingerprint density at radius 3 is 2.55 bits per heavy atom. The molecular formula is C23H30FN5OS. The van der Waals surface area contributed by atoms with Gasteiger partial charge in [0.15, 0.2) is 0 Å². The summed E-state index contributed by atoms with van der Waals surface area (Å²) in [7, 11) is 0. The lowest BCUT2D eigenvalue weighted by Crippen LogP contribution is -2.39. The molecule has 6 nitrogen and oxygen atoms in total. The Balaban J connectivity index is 1.51. The lowest BCUT2D eigenvalue weighted by atomic mass is 9.92. The van der Waals surface area contributed by atoms with Crippen molar-refractivity contribution in [2.24, 2.45) is 0 Å². The second kappa shape index (κ2) is 8.22. The minimum absolute atomic E-state index is 0.162. The highest BCUT2D eigenvalue weighted by Crippen LogP contribution is 2.35. The van der Waals surface area contributed by atoms with Crippen LogP contribution >= 0.6 is 11.3 Å². The molecule has 1 aliphatic rings. The molecule has 0 unspecified atom stereocenters. The lowest BCUT2D eigenvalue weighted by molar-refractivity contribution is -0.131. The van der Waals surface area contributed by atoms with E-state index in [9.17, 15) is 9.18 Å². The van der Waals surface area contributed by atoms with E-state index in [1.54, 1.807) is 17.4 Å². The van der Waals surface area contributed by atoms with E-state index < -0.39 is 0 Å². The van der Waals surface area contributed by atoms with Crippen LogP contribution in [0, 0.1) is 19.7 Å². The second-order valence-electron chi connectivity index (χ2n) is 9.37. The summed E-state index contributed by atoms with van der Waals surface area (Å²) in [6.45, 7) is 11.6. The summed E-state index contributed by atoms with van der Waals surface area (Å²) in [4.78, 5) is 25.1. The minimum atomic E-state index is -0.289. The molecule has 0 spiro atoms. The number of rotatable bonds is 4. The maximum absolute atomic E-state index is 13.9. The van der Waals surface area contributed by atoms with E-state index >= 15 is 0 Å². The van der Waals surface area contributed by atoms with Crippen LogP contribution in [0.2, 0.25) is 0 Å². The van der Waals surface area contributed by atoms with Crippen molar-refractivity contribution in [2.45, 2.75) is 65.3 Å². The molecule has 1 fully saturated rings. The van der Waals surface area contributed by atoms with Gasteiger partial charge in [-0.3, -0.25) is 9.20 Å². The number of aromatic nitrogens is 3. The summed E-state index contributed by atoms with van der Waals surface area (Å²) in [6.07, 6.45) is 3.60. The van der Waals surface area contributed by atoms with E-state index in [0.717, 1.165) is 45.6 Å². The van der Waals surface area contributed by atoms with Gasteiger partial charge in [0.25, 0.3) is 0 Å². The molecular weight excluding hydrogens is 413 g/mol. The molecule has 0 bridgehead atoms. The topological polar surface area (TPSA) is 62.5 Å². The monoisotopic (exact) mass is 443 g/mol. The Labute approximate surface area is 186 Å². The third-order valence-corrected chi connectivity index (χ3v) is 6.72. The van der Waals surface area contributed by atoms with Crippen LogP contribution in [-0.2, 0) is 11.2 Å². The number of carbonyl (C=O) groups is 1. The summed E-state index contributed by atoms with van der Waals surface area (Å²) in [6, 6.07) is 3.15. The number of piperidine rings is 1. The Hall–Kier alpha value is -2.48. The molecule has 1 saturated heterocycles. The molecule has 4 rings (SSSR count). The van der Waals surface area contributed by atoms with Crippen molar-refractivity contribution in [2.75, 3.05) is 18.4 Å². The van der Waals surface area contributed by atoms with Crippen molar-refractivity contribution in [3.8, 4) is 0 Å². The number of hydrogen-bond acceptors (Lipinski definition) is 5. The van der Waals surface area contributed by atoms with Crippen LogP contribution in [0.15, 0.2) is 18.3 Å². The van der Waals surface area contributed by atoms with E-state index in [1.807, 2.05) is 23.1 Å². The van der Waals surface area contributed by atoms with Crippen LogP contribution < -0.4 is 5.32 Å². The van der Waals surface area contributed by atoms with Crippen LogP contribution in [0.25, 0.3) is 5.65 Å². The first-order valence-electron chi connectivity index (χ1n) is 10.8. The molecule has 166 valence electrons. The molecule has 31 heavy (non-hydrogen) atoms. The van der Waals surface area contributed by atoms with E-state index in [0.29, 0.717) is 19.5 Å². The van der Waals surface area contributed by atoms with Crippen LogP contribution in [-0.4, -0.2) is 43.8 Å². The van der Waals surface area contributed by atoms with Crippen molar-refractivity contribution >= 4 is 28.7 Å². The number of aryl methyl sites for hydroxylation is 2. The quantitative estimate of drug-likeness (QED) is 0.635. The zero-order valence-corrected chi connectivity index (χ0v) is 19.6. The number of imidazole rings is 1. The summed E-state index contributed by atoms with van der Waals surface area (Å²) >= 11 is 1.60. The smallest absolute Gasteiger partial charge is 0.227 e. The van der Waals surface area contributed by atoms with Gasteiger partial charge in [0, 0.05) is 35.6 Å². The number of nitrogens with zero attached hydrogens (tertiary/aromatic N) is 4. The molecule has 0 radical (unpaired) electrons. The molecule has 3 aromatic rings. The number of pyridine rings is 1. The molecule has 1 aliphatic heterocycles. The SMILES string of the molecule is Cc1nc(C)c(CC(=O)N2CCC(c3nc4ccc(F)cn4c3NC(C)(C)C)CC2)s1. The van der Waals surface area contributed by atoms with Crippen LogP contribution in [0.4, 0.5) is 10.2 Å². The largest absolute Gasteiger partial charge is 0.365 e. The molecule has 0 aromatic carbocycles. The fourth-order valence-corrected chi connectivity index (χ4v) is 5.12. The fourth-order valence-electron chi connectivity index (χ4n) is 4.19. The van der Waals surface area contributed by atoms with Crippen LogP contribution in [0.3, 0.4) is 0 Å². The van der Waals surface area contributed by atoms with Gasteiger partial charge in [0.05, 0.1) is 22.8 Å². The average Bonchev–Trinajstić information content (AvgIpc) is 3.19. The molecule has 8 heteroatoms. The van der Waals surface area contributed by atoms with Gasteiger partial charge in [-0.2, -0.15) is 0 Å². The summed E-state index contributed by atoms with van der Waals surface area (Å²) in [5, 5.41) is 4.52. The van der Waals surface area contributed by atoms with Gasteiger partial charge >= 0.3 is 0 Å². The normalized spacial score (nSPS) is 15.6. The highest BCUT2D eigenvalue weighted by Gasteiger charge is 2.29. The predicted molar refractivity (Wildman–Crippen MR) is 122 cm³/mol. The first-order valence-corrected chi connectivity index (χ1v) is 11.6. The van der Waals surface area contributed by atoms with Crippen LogP contribution in [0.5, 0.6) is 0 Å². The van der Waals surface area contributed by atoms with Crippen molar-refractivity contribution in [1.82, 2.24) is 19.3 Å². The van der Waals surface area contributed by atoms with Gasteiger partial charge in [-0.25, -0.2) is 14.4 Å². The van der Waals surface area contributed by atoms with Gasteiger partial charge in [-0.15, -0.1) is 11.3 Å². The van der Waals surface area contributed by atoms with E-state index in [1.165, 1.54) is 12.3 Å². The zero-order chi connectivity index (χ0) is 22.3. The van der Waals surface area contributed by atoms with Gasteiger partial charge in [-0.05, 0) is 59.6 Å². The van der Waals surface area contributed by atoms with Gasteiger partial charge in [-0.1, -0.05) is 0 Å². The molecule has 0 saturated carbocycles. The highest BCUT2D eigenvalue weighted by atomic mass is 32.1. The standard InChI is InChI=1S/C23H30FN5OS/c1-14-18(31-15(2)25-14)12-20(30)28-10-8-16(9-11-28)21-22(27-23(3,4)5)29-13-17(24)6-7-19(29)26-21/h6-7,13,16,27H,8-12H2,1-5H3. The third-order valence-electron chi connectivity index (χ3n) is 5.65. The predicted octanol–water partition coefficient (Wildman–Crippen LogP) is 4.71. The molecule has 0 atom stereocenters. The third kappa shape index (κ3) is 4.74. The molecule has 4 heterocycles. The van der Waals surface area contributed by atoms with Gasteiger partial charge < -0.3 is 10.2 Å². The summed E-state index contributed by atoms with van der Waals surface area (Å²) in [5.41, 5.74) is 2.47. The second-order valence-corrected chi connectivity index (χ2v) is 10.7. The minimum Gasteiger partial charge on any atom is -0.365 e. The zero-order valence-electron chi connectivity index (χ0n) is 18.8. The maximum atomic E-state index is 13.9. The Morgan fingerprint density at radius 1 is 1.23 bits per heavy atom. The number of nitrogens with one attached hydrogen (secondary N) is 1. The molecule has 0 aliphatic carbocycles. The van der Waals surface area contributed by atoms with Crippen molar-refractivity contribution in [3.63, 3.8) is 0 Å². The highest BCUT2D eigenvalue weighted by molar-refractivity contribution is 7.11. The van der Waals surface area contributed by atoms with Crippen molar-refractivity contribution in [1.29, 1.82) is 0 Å².